The molecule has 20 heavy (non-hydrogen) atoms. The van der Waals surface area contributed by atoms with E-state index in [2.05, 4.69) is 45.0 Å². The quantitative estimate of drug-likeness (QED) is 0.841. The van der Waals surface area contributed by atoms with E-state index in [-0.39, 0.29) is 0 Å². The van der Waals surface area contributed by atoms with Crippen molar-refractivity contribution in [1.82, 2.24) is 0 Å². The molecule has 0 unspecified atom stereocenters. The van der Waals surface area contributed by atoms with E-state index in [1.807, 2.05) is 0 Å². The second-order valence-electron chi connectivity index (χ2n) is 4.28. The first-order valence-electron chi connectivity index (χ1n) is 6.73. The zero-order valence-electron chi connectivity index (χ0n) is 13.3. The molecule has 0 saturated carbocycles. The van der Waals surface area contributed by atoms with Crippen LogP contribution < -0.4 is 0 Å². The van der Waals surface area contributed by atoms with Crippen LogP contribution in [0.1, 0.15) is 31.4 Å². The normalized spacial score (nSPS) is 8.85. The van der Waals surface area contributed by atoms with Gasteiger partial charge in [-0.25, -0.2) is 0 Å². The molecule has 4 heteroatoms. The Morgan fingerprint density at radius 3 is 1.75 bits per heavy atom. The molecule has 0 spiro atoms. The number of carboxylic acids is 1. The minimum absolute atomic E-state index is 0.708. The number of carboxylic acid groups (broad SMARTS) is 1. The lowest BCUT2D eigenvalue weighted by atomic mass is 10.2. The van der Waals surface area contributed by atoms with Gasteiger partial charge in [-0.05, 0) is 20.3 Å². The Hall–Kier alpha value is -1.39. The molecule has 0 fully saturated rings. The third-order valence-electron chi connectivity index (χ3n) is 2.00. The predicted octanol–water partition coefficient (Wildman–Crippen LogP) is 3.45. The standard InChI is InChI=1S/C8H10.C6H14O2.C2H4O2/c1-7-3-5-8(2)6-4-7;1-3-4-8-6-5-7-2;1-2(3)4/h3-6H,1-2H3;3-6H2,1-2H3;1H3,(H,3,4). The summed E-state index contributed by atoms with van der Waals surface area (Å²) < 4.78 is 9.86. The number of aliphatic carboxylic acids is 1. The molecule has 0 heterocycles. The van der Waals surface area contributed by atoms with Crippen LogP contribution in [0.5, 0.6) is 0 Å². The molecule has 0 radical (unpaired) electrons. The summed E-state index contributed by atoms with van der Waals surface area (Å²) in [7, 11) is 1.68. The number of hydrogen-bond donors (Lipinski definition) is 1. The summed E-state index contributed by atoms with van der Waals surface area (Å²) in [5.74, 6) is -0.833. The molecular formula is C16H28O4. The van der Waals surface area contributed by atoms with Crippen LogP contribution in [0.15, 0.2) is 24.3 Å². The van der Waals surface area contributed by atoms with Gasteiger partial charge < -0.3 is 14.6 Å². The molecule has 116 valence electrons. The van der Waals surface area contributed by atoms with E-state index in [0.29, 0.717) is 6.61 Å². The van der Waals surface area contributed by atoms with Crippen molar-refractivity contribution >= 4 is 5.97 Å². The van der Waals surface area contributed by atoms with Gasteiger partial charge >= 0.3 is 0 Å². The number of rotatable bonds is 5. The molecular weight excluding hydrogens is 256 g/mol. The van der Waals surface area contributed by atoms with E-state index in [4.69, 9.17) is 19.4 Å². The Kier molecular flexibility index (Phi) is 16.4. The molecule has 1 N–H and O–H groups in total. The maximum absolute atomic E-state index is 9.00. The molecule has 1 aromatic rings. The molecule has 0 saturated heterocycles. The third kappa shape index (κ3) is 21.9. The zero-order valence-corrected chi connectivity index (χ0v) is 13.3. The van der Waals surface area contributed by atoms with E-state index in [1.54, 1.807) is 7.11 Å². The SMILES string of the molecule is CC(=O)O.CCCOCCOC.Cc1ccc(C)cc1. The van der Waals surface area contributed by atoms with Gasteiger partial charge in [0.25, 0.3) is 5.97 Å². The van der Waals surface area contributed by atoms with Crippen molar-refractivity contribution < 1.29 is 19.4 Å². The molecule has 0 aliphatic carbocycles. The summed E-state index contributed by atoms with van der Waals surface area (Å²) in [5.41, 5.74) is 2.66. The Bertz CT molecular complexity index is 289. The monoisotopic (exact) mass is 284 g/mol. The summed E-state index contributed by atoms with van der Waals surface area (Å²) in [4.78, 5) is 9.00. The minimum Gasteiger partial charge on any atom is -0.481 e. The highest BCUT2D eigenvalue weighted by Gasteiger charge is 1.81. The Morgan fingerprint density at radius 1 is 1.05 bits per heavy atom. The van der Waals surface area contributed by atoms with Gasteiger partial charge in [-0.1, -0.05) is 42.3 Å². The largest absolute Gasteiger partial charge is 0.481 e. The second kappa shape index (κ2) is 15.7. The van der Waals surface area contributed by atoms with E-state index < -0.39 is 5.97 Å². The van der Waals surface area contributed by atoms with Crippen LogP contribution in [0.25, 0.3) is 0 Å². The van der Waals surface area contributed by atoms with Crippen LogP contribution in [0.2, 0.25) is 0 Å². The molecule has 0 aliphatic rings. The fourth-order valence-electron chi connectivity index (χ4n) is 1.03. The smallest absolute Gasteiger partial charge is 0.300 e. The van der Waals surface area contributed by atoms with Crippen LogP contribution in [-0.4, -0.2) is 38.0 Å². The number of benzene rings is 1. The first kappa shape index (κ1) is 20.9. The Labute approximate surface area is 122 Å². The maximum atomic E-state index is 9.00. The van der Waals surface area contributed by atoms with E-state index >= 15 is 0 Å². The molecule has 1 aromatic carbocycles. The average molecular weight is 284 g/mol. The van der Waals surface area contributed by atoms with Gasteiger partial charge in [-0.2, -0.15) is 0 Å². The van der Waals surface area contributed by atoms with Crippen molar-refractivity contribution in [3.05, 3.63) is 35.4 Å². The van der Waals surface area contributed by atoms with Gasteiger partial charge in [-0.15, -0.1) is 0 Å². The van der Waals surface area contributed by atoms with Crippen LogP contribution in [0, 0.1) is 13.8 Å². The summed E-state index contributed by atoms with van der Waals surface area (Å²) in [6.07, 6.45) is 1.09. The Balaban J connectivity index is 0. The average Bonchev–Trinajstić information content (AvgIpc) is 2.38. The number of methoxy groups -OCH3 is 1. The van der Waals surface area contributed by atoms with E-state index in [0.717, 1.165) is 26.6 Å². The lowest BCUT2D eigenvalue weighted by Gasteiger charge is -1.98. The molecule has 0 amide bonds. The van der Waals surface area contributed by atoms with Crippen LogP contribution in [-0.2, 0) is 14.3 Å². The van der Waals surface area contributed by atoms with Crippen LogP contribution in [0.3, 0.4) is 0 Å². The molecule has 4 nitrogen and oxygen atoms in total. The fourth-order valence-corrected chi connectivity index (χ4v) is 1.03. The van der Waals surface area contributed by atoms with Gasteiger partial charge in [0.05, 0.1) is 13.2 Å². The third-order valence-corrected chi connectivity index (χ3v) is 2.00. The number of carbonyl (C=O) groups is 1. The molecule has 1 rings (SSSR count). The number of aryl methyl sites for hydroxylation is 2. The van der Waals surface area contributed by atoms with Crippen molar-refractivity contribution in [2.45, 2.75) is 34.1 Å². The minimum atomic E-state index is -0.833. The first-order chi connectivity index (χ1) is 9.43. The van der Waals surface area contributed by atoms with E-state index in [1.165, 1.54) is 11.1 Å². The summed E-state index contributed by atoms with van der Waals surface area (Å²) >= 11 is 0. The summed E-state index contributed by atoms with van der Waals surface area (Å²) in [6.45, 7) is 9.65. The fraction of sp³-hybridized carbons (Fsp3) is 0.562. The van der Waals surface area contributed by atoms with Gasteiger partial charge in [0.2, 0.25) is 0 Å². The van der Waals surface area contributed by atoms with Crippen molar-refractivity contribution in [3.8, 4) is 0 Å². The van der Waals surface area contributed by atoms with Crippen molar-refractivity contribution in [2.75, 3.05) is 26.9 Å². The first-order valence-corrected chi connectivity index (χ1v) is 6.73. The molecule has 0 bridgehead atoms. The van der Waals surface area contributed by atoms with Crippen molar-refractivity contribution in [3.63, 3.8) is 0 Å². The highest BCUT2D eigenvalue weighted by atomic mass is 16.5. The number of ether oxygens (including phenoxy) is 2. The maximum Gasteiger partial charge on any atom is 0.300 e. The molecule has 0 aromatic heterocycles. The van der Waals surface area contributed by atoms with Crippen LogP contribution >= 0.6 is 0 Å². The predicted molar refractivity (Wildman–Crippen MR) is 82.2 cm³/mol. The topological polar surface area (TPSA) is 55.8 Å². The zero-order chi connectivity index (χ0) is 15.8. The molecule has 0 aliphatic heterocycles. The van der Waals surface area contributed by atoms with Crippen LogP contribution in [0.4, 0.5) is 0 Å². The number of hydrogen-bond acceptors (Lipinski definition) is 3. The van der Waals surface area contributed by atoms with E-state index in [9.17, 15) is 0 Å². The van der Waals surface area contributed by atoms with Gasteiger partial charge in [0.15, 0.2) is 0 Å². The van der Waals surface area contributed by atoms with Crippen molar-refractivity contribution in [1.29, 1.82) is 0 Å². The van der Waals surface area contributed by atoms with Crippen molar-refractivity contribution in [2.24, 2.45) is 0 Å². The summed E-state index contributed by atoms with van der Waals surface area (Å²) in [6, 6.07) is 8.48. The van der Waals surface area contributed by atoms with Gasteiger partial charge in [0.1, 0.15) is 0 Å². The second-order valence-corrected chi connectivity index (χ2v) is 4.28. The summed E-state index contributed by atoms with van der Waals surface area (Å²) in [5, 5.41) is 7.42. The van der Waals surface area contributed by atoms with Gasteiger partial charge in [0, 0.05) is 20.6 Å². The highest BCUT2D eigenvalue weighted by Crippen LogP contribution is 1.99. The highest BCUT2D eigenvalue weighted by molar-refractivity contribution is 5.62. The molecule has 0 atom stereocenters. The van der Waals surface area contributed by atoms with Gasteiger partial charge in [-0.3, -0.25) is 4.79 Å². The Morgan fingerprint density at radius 2 is 1.45 bits per heavy atom. The lowest BCUT2D eigenvalue weighted by Crippen LogP contribution is -2.01. The lowest BCUT2D eigenvalue weighted by molar-refractivity contribution is -0.134.